The zero-order chi connectivity index (χ0) is 10.7. The standard InChI is InChI=1S/C12H16BrN/c1-9(2)7-10-5-6-11(14(3)4)8-12(10)13/h5-8H,1-4H3. The minimum Gasteiger partial charge on any atom is -0.378 e. The lowest BCUT2D eigenvalue weighted by Gasteiger charge is -2.13. The zero-order valence-electron chi connectivity index (χ0n) is 9.13. The molecule has 0 aliphatic carbocycles. The van der Waals surface area contributed by atoms with Gasteiger partial charge < -0.3 is 4.90 Å². The van der Waals surface area contributed by atoms with Gasteiger partial charge in [-0.1, -0.05) is 33.6 Å². The Morgan fingerprint density at radius 2 is 1.93 bits per heavy atom. The third kappa shape index (κ3) is 2.88. The summed E-state index contributed by atoms with van der Waals surface area (Å²) in [5, 5.41) is 0. The van der Waals surface area contributed by atoms with Crippen molar-refractivity contribution in [3.63, 3.8) is 0 Å². The highest BCUT2D eigenvalue weighted by Crippen LogP contribution is 2.24. The second-order valence-corrected chi connectivity index (χ2v) is 4.68. The number of nitrogens with zero attached hydrogens (tertiary/aromatic N) is 1. The molecule has 2 heteroatoms. The van der Waals surface area contributed by atoms with E-state index >= 15 is 0 Å². The highest BCUT2D eigenvalue weighted by molar-refractivity contribution is 9.10. The summed E-state index contributed by atoms with van der Waals surface area (Å²) < 4.78 is 1.14. The lowest BCUT2D eigenvalue weighted by molar-refractivity contribution is 1.13. The lowest BCUT2D eigenvalue weighted by Crippen LogP contribution is -2.08. The van der Waals surface area contributed by atoms with Crippen LogP contribution in [0.5, 0.6) is 0 Å². The molecule has 0 aliphatic rings. The topological polar surface area (TPSA) is 3.24 Å². The van der Waals surface area contributed by atoms with Crippen molar-refractivity contribution in [1.82, 2.24) is 0 Å². The van der Waals surface area contributed by atoms with Gasteiger partial charge >= 0.3 is 0 Å². The third-order valence-electron chi connectivity index (χ3n) is 1.94. The van der Waals surface area contributed by atoms with Crippen molar-refractivity contribution < 1.29 is 0 Å². The van der Waals surface area contributed by atoms with Gasteiger partial charge in [0.2, 0.25) is 0 Å². The van der Waals surface area contributed by atoms with Crippen LogP contribution in [-0.2, 0) is 0 Å². The van der Waals surface area contributed by atoms with Crippen molar-refractivity contribution >= 4 is 27.7 Å². The average Bonchev–Trinajstić information content (AvgIpc) is 2.07. The lowest BCUT2D eigenvalue weighted by atomic mass is 10.1. The maximum absolute atomic E-state index is 3.57. The molecule has 0 aromatic heterocycles. The molecule has 0 heterocycles. The molecule has 0 spiro atoms. The molecule has 1 aromatic rings. The van der Waals surface area contributed by atoms with Crippen LogP contribution < -0.4 is 4.90 Å². The van der Waals surface area contributed by atoms with Gasteiger partial charge in [-0.2, -0.15) is 0 Å². The molecule has 1 aromatic carbocycles. The van der Waals surface area contributed by atoms with Crippen LogP contribution in [0.2, 0.25) is 0 Å². The average molecular weight is 254 g/mol. The first-order chi connectivity index (χ1) is 6.50. The smallest absolute Gasteiger partial charge is 0.0372 e. The Labute approximate surface area is 94.6 Å². The molecule has 0 amide bonds. The van der Waals surface area contributed by atoms with E-state index in [0.717, 1.165) is 4.47 Å². The number of rotatable bonds is 2. The van der Waals surface area contributed by atoms with Gasteiger partial charge in [-0.25, -0.2) is 0 Å². The van der Waals surface area contributed by atoms with Crippen LogP contribution in [0.4, 0.5) is 5.69 Å². The molecule has 0 radical (unpaired) electrons. The summed E-state index contributed by atoms with van der Waals surface area (Å²) in [5.74, 6) is 0. The number of allylic oxidation sites excluding steroid dienone is 1. The fourth-order valence-corrected chi connectivity index (χ4v) is 1.70. The Morgan fingerprint density at radius 1 is 1.29 bits per heavy atom. The Balaban J connectivity index is 3.08. The maximum Gasteiger partial charge on any atom is 0.0372 e. The monoisotopic (exact) mass is 253 g/mol. The molecule has 0 atom stereocenters. The summed E-state index contributed by atoms with van der Waals surface area (Å²) in [7, 11) is 4.09. The minimum atomic E-state index is 1.14. The van der Waals surface area contributed by atoms with Crippen LogP contribution in [-0.4, -0.2) is 14.1 Å². The molecule has 0 aliphatic heterocycles. The van der Waals surface area contributed by atoms with E-state index in [9.17, 15) is 0 Å². The highest BCUT2D eigenvalue weighted by atomic mass is 79.9. The van der Waals surface area contributed by atoms with Gasteiger partial charge in [0.05, 0.1) is 0 Å². The predicted octanol–water partition coefficient (Wildman–Crippen LogP) is 3.94. The first-order valence-corrected chi connectivity index (χ1v) is 5.42. The van der Waals surface area contributed by atoms with E-state index in [-0.39, 0.29) is 0 Å². The number of benzene rings is 1. The van der Waals surface area contributed by atoms with E-state index in [1.807, 2.05) is 14.1 Å². The van der Waals surface area contributed by atoms with Crippen molar-refractivity contribution in [3.05, 3.63) is 33.8 Å². The molecule has 1 rings (SSSR count). The number of hydrogen-bond acceptors (Lipinski definition) is 1. The van der Waals surface area contributed by atoms with E-state index in [2.05, 4.69) is 59.0 Å². The van der Waals surface area contributed by atoms with Crippen LogP contribution in [0.3, 0.4) is 0 Å². The summed E-state index contributed by atoms with van der Waals surface area (Å²) in [4.78, 5) is 2.09. The highest BCUT2D eigenvalue weighted by Gasteiger charge is 2.00. The molecule has 0 saturated carbocycles. The molecular formula is C12H16BrN. The molecule has 1 nitrogen and oxygen atoms in total. The van der Waals surface area contributed by atoms with Gasteiger partial charge in [-0.15, -0.1) is 0 Å². The Bertz CT molecular complexity index is 349. The Hall–Kier alpha value is -0.760. The summed E-state index contributed by atoms with van der Waals surface area (Å²) >= 11 is 3.57. The van der Waals surface area contributed by atoms with Crippen LogP contribution in [0.1, 0.15) is 19.4 Å². The largest absolute Gasteiger partial charge is 0.378 e. The molecule has 0 bridgehead atoms. The van der Waals surface area contributed by atoms with Crippen LogP contribution in [0.15, 0.2) is 28.2 Å². The third-order valence-corrected chi connectivity index (χ3v) is 2.63. The Kier molecular flexibility index (Phi) is 3.76. The summed E-state index contributed by atoms with van der Waals surface area (Å²) in [6.07, 6.45) is 2.17. The van der Waals surface area contributed by atoms with Crippen LogP contribution in [0.25, 0.3) is 6.08 Å². The molecule has 0 N–H and O–H groups in total. The van der Waals surface area contributed by atoms with Crippen molar-refractivity contribution in [2.75, 3.05) is 19.0 Å². The van der Waals surface area contributed by atoms with Crippen molar-refractivity contribution in [3.8, 4) is 0 Å². The fraction of sp³-hybridized carbons (Fsp3) is 0.333. The van der Waals surface area contributed by atoms with Gasteiger partial charge in [0.25, 0.3) is 0 Å². The maximum atomic E-state index is 3.57. The number of hydrogen-bond donors (Lipinski definition) is 0. The van der Waals surface area contributed by atoms with Crippen molar-refractivity contribution in [1.29, 1.82) is 0 Å². The predicted molar refractivity (Wildman–Crippen MR) is 67.8 cm³/mol. The molecule has 76 valence electrons. The first-order valence-electron chi connectivity index (χ1n) is 4.62. The van der Waals surface area contributed by atoms with E-state index in [1.165, 1.54) is 16.8 Å². The number of anilines is 1. The van der Waals surface area contributed by atoms with Gasteiger partial charge in [0.1, 0.15) is 0 Å². The second kappa shape index (κ2) is 4.65. The van der Waals surface area contributed by atoms with Crippen LogP contribution >= 0.6 is 15.9 Å². The van der Waals surface area contributed by atoms with Crippen molar-refractivity contribution in [2.45, 2.75) is 13.8 Å². The second-order valence-electron chi connectivity index (χ2n) is 3.82. The summed E-state index contributed by atoms with van der Waals surface area (Å²) in [6, 6.07) is 6.39. The quantitative estimate of drug-likeness (QED) is 0.772. The SMILES string of the molecule is CC(C)=Cc1ccc(N(C)C)cc1Br. The Morgan fingerprint density at radius 3 is 2.36 bits per heavy atom. The van der Waals surface area contributed by atoms with E-state index < -0.39 is 0 Å². The van der Waals surface area contributed by atoms with Crippen LogP contribution in [0, 0.1) is 0 Å². The summed E-state index contributed by atoms with van der Waals surface area (Å²) in [6.45, 7) is 4.21. The first kappa shape index (κ1) is 11.3. The van der Waals surface area contributed by atoms with Gasteiger partial charge in [-0.3, -0.25) is 0 Å². The molecule has 14 heavy (non-hydrogen) atoms. The summed E-state index contributed by atoms with van der Waals surface area (Å²) in [5.41, 5.74) is 3.75. The van der Waals surface area contributed by atoms with Gasteiger partial charge in [-0.05, 0) is 31.5 Å². The number of halogens is 1. The van der Waals surface area contributed by atoms with Gasteiger partial charge in [0, 0.05) is 24.3 Å². The van der Waals surface area contributed by atoms with Crippen molar-refractivity contribution in [2.24, 2.45) is 0 Å². The molecular weight excluding hydrogens is 238 g/mol. The van der Waals surface area contributed by atoms with E-state index in [4.69, 9.17) is 0 Å². The minimum absolute atomic E-state index is 1.14. The zero-order valence-corrected chi connectivity index (χ0v) is 10.7. The normalized spacial score (nSPS) is 9.79. The van der Waals surface area contributed by atoms with Gasteiger partial charge in [0.15, 0.2) is 0 Å². The molecule has 0 saturated heterocycles. The van der Waals surface area contributed by atoms with E-state index in [0.29, 0.717) is 0 Å². The molecule has 0 unspecified atom stereocenters. The fourth-order valence-electron chi connectivity index (χ4n) is 1.22. The molecule has 0 fully saturated rings. The van der Waals surface area contributed by atoms with E-state index in [1.54, 1.807) is 0 Å².